The van der Waals surface area contributed by atoms with E-state index in [-0.39, 0.29) is 19.6 Å². The number of benzene rings is 2. The van der Waals surface area contributed by atoms with Gasteiger partial charge in [0.15, 0.2) is 11.0 Å². The number of ether oxygens (including phenoxy) is 1. The molecule has 43 heavy (non-hydrogen) atoms. The predicted molar refractivity (Wildman–Crippen MR) is 149 cm³/mol. The second-order valence-electron chi connectivity index (χ2n) is 9.42. The van der Waals surface area contributed by atoms with Gasteiger partial charge in [0.05, 0.1) is 5.56 Å². The molecule has 7 nitrogen and oxygen atoms in total. The minimum absolute atomic E-state index is 0.0989. The normalized spacial score (nSPS) is 13.1. The number of nitrogens with zero attached hydrogens (tertiary/aromatic N) is 3. The highest BCUT2D eigenvalue weighted by atomic mass is 32.2. The van der Waals surface area contributed by atoms with Gasteiger partial charge in [-0.15, -0.1) is 0 Å². The van der Waals surface area contributed by atoms with Crippen molar-refractivity contribution in [1.29, 1.82) is 0 Å². The molecule has 0 amide bonds. The Morgan fingerprint density at radius 3 is 2.40 bits per heavy atom. The average Bonchev–Trinajstić information content (AvgIpc) is 3.62. The first-order chi connectivity index (χ1) is 20.5. The molecule has 14 heteroatoms. The number of imidazole rings is 1. The van der Waals surface area contributed by atoms with E-state index in [1.54, 1.807) is 24.5 Å². The Morgan fingerprint density at radius 1 is 0.953 bits per heavy atom. The Balaban J connectivity index is 1.16. The summed E-state index contributed by atoms with van der Waals surface area (Å²) in [6.07, 6.45) is 6.38. The van der Waals surface area contributed by atoms with Gasteiger partial charge in [-0.3, -0.25) is 0 Å². The SMILES string of the molecule is O=S(NCCc1nccn1CCCCc1ccc(OCc2coc(/C=C/c3ccc(C(F)(F)F)cc3)n2)cc1)C(F)(F)F. The lowest BCUT2D eigenvalue weighted by molar-refractivity contribution is -0.137. The van der Waals surface area contributed by atoms with Gasteiger partial charge in [-0.2, -0.15) is 26.3 Å². The number of halogens is 6. The topological polar surface area (TPSA) is 82.2 Å². The van der Waals surface area contributed by atoms with E-state index in [0.717, 1.165) is 37.0 Å². The minimum Gasteiger partial charge on any atom is -0.487 e. The van der Waals surface area contributed by atoms with Crippen LogP contribution in [0.5, 0.6) is 5.75 Å². The highest BCUT2D eigenvalue weighted by molar-refractivity contribution is 7.83. The molecule has 0 radical (unpaired) electrons. The quantitative estimate of drug-likeness (QED) is 0.121. The maximum atomic E-state index is 12.7. The zero-order chi connectivity index (χ0) is 30.9. The third-order valence-electron chi connectivity index (χ3n) is 6.24. The van der Waals surface area contributed by atoms with Gasteiger partial charge in [0.2, 0.25) is 5.89 Å². The molecular weight excluding hydrogens is 598 g/mol. The molecule has 0 aliphatic rings. The Kier molecular flexibility index (Phi) is 10.8. The summed E-state index contributed by atoms with van der Waals surface area (Å²) in [5.41, 5.74) is -3.25. The molecule has 0 saturated carbocycles. The van der Waals surface area contributed by atoms with E-state index < -0.39 is 28.2 Å². The van der Waals surface area contributed by atoms with Crippen molar-refractivity contribution in [3.05, 3.63) is 101 Å². The van der Waals surface area contributed by atoms with Crippen molar-refractivity contribution in [2.45, 2.75) is 50.5 Å². The van der Waals surface area contributed by atoms with Crippen LogP contribution in [0.4, 0.5) is 26.3 Å². The summed E-state index contributed by atoms with van der Waals surface area (Å²) in [4.78, 5) is 8.48. The lowest BCUT2D eigenvalue weighted by Gasteiger charge is -2.10. The van der Waals surface area contributed by atoms with Crippen LogP contribution in [0.15, 0.2) is 71.6 Å². The Hall–Kier alpha value is -3.91. The minimum atomic E-state index is -4.79. The number of aromatic nitrogens is 3. The predicted octanol–water partition coefficient (Wildman–Crippen LogP) is 6.98. The number of alkyl halides is 6. The molecule has 0 spiro atoms. The number of unbranched alkanes of at least 4 members (excludes halogenated alkanes) is 1. The first kappa shape index (κ1) is 32.0. The molecule has 2 heterocycles. The van der Waals surface area contributed by atoms with Crippen LogP contribution in [-0.2, 0) is 43.2 Å². The molecule has 0 bridgehead atoms. The van der Waals surface area contributed by atoms with E-state index in [1.165, 1.54) is 18.4 Å². The average molecular weight is 627 g/mol. The largest absolute Gasteiger partial charge is 0.487 e. The van der Waals surface area contributed by atoms with E-state index in [0.29, 0.717) is 35.3 Å². The Labute approximate surface area is 246 Å². The maximum absolute atomic E-state index is 12.7. The van der Waals surface area contributed by atoms with Gasteiger partial charge in [-0.05, 0) is 60.7 Å². The standard InChI is InChI=1S/C29H28F6N4O3S/c30-28(31,32)23-9-4-22(5-10-23)8-13-27-38-24(20-42-27)19-41-25-11-6-21(7-12-25)3-1-2-17-39-18-16-36-26(39)14-15-37-43(40)29(33,34)35/h4-13,16,18,20,37H,1-3,14-15,17,19H2/b13-8+. The number of nitrogens with one attached hydrogen (secondary N) is 1. The molecule has 1 N–H and O–H groups in total. The van der Waals surface area contributed by atoms with Crippen LogP contribution >= 0.6 is 0 Å². The van der Waals surface area contributed by atoms with E-state index >= 15 is 0 Å². The van der Waals surface area contributed by atoms with Crippen LogP contribution in [0.3, 0.4) is 0 Å². The van der Waals surface area contributed by atoms with Crippen molar-refractivity contribution in [3.63, 3.8) is 0 Å². The second kappa shape index (κ2) is 14.5. The van der Waals surface area contributed by atoms with Crippen LogP contribution in [0.25, 0.3) is 12.2 Å². The molecule has 2 aromatic carbocycles. The summed E-state index contributed by atoms with van der Waals surface area (Å²) < 4.78 is 101. The Bertz CT molecular complexity index is 1500. The van der Waals surface area contributed by atoms with Crippen LogP contribution in [0, 0.1) is 0 Å². The van der Waals surface area contributed by atoms with E-state index in [1.807, 2.05) is 33.6 Å². The van der Waals surface area contributed by atoms with Crippen molar-refractivity contribution >= 4 is 23.1 Å². The first-order valence-corrected chi connectivity index (χ1v) is 14.4. The van der Waals surface area contributed by atoms with Gasteiger partial charge < -0.3 is 13.7 Å². The molecule has 1 unspecified atom stereocenters. The van der Waals surface area contributed by atoms with E-state index in [9.17, 15) is 30.6 Å². The van der Waals surface area contributed by atoms with Gasteiger partial charge in [0.25, 0.3) is 0 Å². The lowest BCUT2D eigenvalue weighted by Crippen LogP contribution is -2.31. The molecule has 0 aliphatic carbocycles. The van der Waals surface area contributed by atoms with E-state index in [4.69, 9.17) is 9.15 Å². The summed E-state index contributed by atoms with van der Waals surface area (Å²) >= 11 is 0. The molecule has 2 aromatic heterocycles. The van der Waals surface area contributed by atoms with Crippen LogP contribution in [0.2, 0.25) is 0 Å². The molecular formula is C29H28F6N4O3S. The number of hydrogen-bond donors (Lipinski definition) is 1. The van der Waals surface area contributed by atoms with Gasteiger partial charge in [0.1, 0.15) is 30.1 Å². The summed E-state index contributed by atoms with van der Waals surface area (Å²) in [6, 6.07) is 12.4. The lowest BCUT2D eigenvalue weighted by atomic mass is 10.1. The molecule has 0 saturated heterocycles. The van der Waals surface area contributed by atoms with Gasteiger partial charge >= 0.3 is 11.7 Å². The number of rotatable bonds is 14. The summed E-state index contributed by atoms with van der Waals surface area (Å²) in [6.45, 7) is 0.738. The number of hydrogen-bond acceptors (Lipinski definition) is 5. The summed E-state index contributed by atoms with van der Waals surface area (Å²) in [7, 11) is -3.09. The van der Waals surface area contributed by atoms with Crippen molar-refractivity contribution in [2.75, 3.05) is 6.54 Å². The first-order valence-electron chi connectivity index (χ1n) is 13.2. The van der Waals surface area contributed by atoms with Crippen LogP contribution in [0.1, 0.15) is 46.9 Å². The molecule has 4 rings (SSSR count). The third kappa shape index (κ3) is 10.1. The van der Waals surface area contributed by atoms with Crippen molar-refractivity contribution < 1.29 is 39.7 Å². The number of oxazole rings is 1. The van der Waals surface area contributed by atoms with Crippen LogP contribution in [-0.4, -0.2) is 30.8 Å². The fourth-order valence-corrected chi connectivity index (χ4v) is 4.50. The fourth-order valence-electron chi connectivity index (χ4n) is 4.05. The summed E-state index contributed by atoms with van der Waals surface area (Å²) in [5.74, 6) is 1.57. The maximum Gasteiger partial charge on any atom is 0.485 e. The molecule has 0 aliphatic heterocycles. The highest BCUT2D eigenvalue weighted by Gasteiger charge is 2.36. The zero-order valence-electron chi connectivity index (χ0n) is 22.7. The van der Waals surface area contributed by atoms with Crippen molar-refractivity contribution in [2.24, 2.45) is 0 Å². The summed E-state index contributed by atoms with van der Waals surface area (Å²) in [5, 5.41) is 0. The molecule has 0 fully saturated rings. The van der Waals surface area contributed by atoms with E-state index in [2.05, 4.69) is 9.97 Å². The monoisotopic (exact) mass is 626 g/mol. The second-order valence-corrected chi connectivity index (χ2v) is 10.7. The molecule has 4 aromatic rings. The molecule has 230 valence electrons. The fraction of sp³-hybridized carbons (Fsp3) is 0.310. The van der Waals surface area contributed by atoms with Gasteiger partial charge in [0, 0.05) is 38.0 Å². The van der Waals surface area contributed by atoms with Crippen LogP contribution < -0.4 is 9.46 Å². The third-order valence-corrected chi connectivity index (χ3v) is 7.13. The van der Waals surface area contributed by atoms with Crippen molar-refractivity contribution in [3.8, 4) is 5.75 Å². The smallest absolute Gasteiger partial charge is 0.485 e. The Morgan fingerprint density at radius 2 is 1.70 bits per heavy atom. The molecule has 1 atom stereocenters. The zero-order valence-corrected chi connectivity index (χ0v) is 23.5. The van der Waals surface area contributed by atoms with Gasteiger partial charge in [-0.1, -0.05) is 24.3 Å². The highest BCUT2D eigenvalue weighted by Crippen LogP contribution is 2.29. The van der Waals surface area contributed by atoms with Crippen molar-refractivity contribution in [1.82, 2.24) is 19.3 Å². The number of aryl methyl sites for hydroxylation is 2. The van der Waals surface area contributed by atoms with Gasteiger partial charge in [-0.25, -0.2) is 18.9 Å².